The second-order valence-corrected chi connectivity index (χ2v) is 11.1. The van der Waals surface area contributed by atoms with Gasteiger partial charge in [0.25, 0.3) is 0 Å². The Bertz CT molecular complexity index is 984. The van der Waals surface area contributed by atoms with E-state index in [1.165, 1.54) is 57.8 Å². The van der Waals surface area contributed by atoms with Gasteiger partial charge >= 0.3 is 6.18 Å². The molecule has 2 fully saturated rings. The van der Waals surface area contributed by atoms with E-state index in [9.17, 15) is 17.6 Å². The summed E-state index contributed by atoms with van der Waals surface area (Å²) in [5.41, 5.74) is -0.855. The normalized spacial score (nSPS) is 24.7. The van der Waals surface area contributed by atoms with E-state index in [0.29, 0.717) is 12.3 Å². The smallest absolute Gasteiger partial charge is 0.416 e. The number of halogens is 5. The van der Waals surface area contributed by atoms with Crippen LogP contribution in [0.25, 0.3) is 0 Å². The molecule has 2 saturated carbocycles. The van der Waals surface area contributed by atoms with Crippen LogP contribution in [-0.4, -0.2) is 0 Å². The van der Waals surface area contributed by atoms with E-state index in [2.05, 4.69) is 13.0 Å². The molecule has 2 aromatic carbocycles. The predicted octanol–water partition coefficient (Wildman–Crippen LogP) is 10.3. The lowest BCUT2D eigenvalue weighted by Gasteiger charge is -2.38. The molecule has 1 radical (unpaired) electrons. The Balaban J connectivity index is 1.27. The summed E-state index contributed by atoms with van der Waals surface area (Å²) < 4.78 is 73.3. The zero-order valence-electron chi connectivity index (χ0n) is 21.7. The summed E-state index contributed by atoms with van der Waals surface area (Å²) >= 11 is 0. The van der Waals surface area contributed by atoms with Gasteiger partial charge < -0.3 is 4.74 Å². The molecule has 0 aliphatic heterocycles. The lowest BCUT2D eigenvalue weighted by Crippen LogP contribution is -2.26. The third-order valence-electron chi connectivity index (χ3n) is 8.70. The zero-order chi connectivity index (χ0) is 26.4. The summed E-state index contributed by atoms with van der Waals surface area (Å²) in [5, 5.41) is 0. The largest absolute Gasteiger partial charge is 0.454 e. The molecular weight excluding hydrogens is 483 g/mol. The molecule has 0 bridgehead atoms. The molecular formula is C31H38F5O. The number of rotatable bonds is 9. The first kappa shape index (κ1) is 27.9. The van der Waals surface area contributed by atoms with E-state index in [-0.39, 0.29) is 23.5 Å². The third-order valence-corrected chi connectivity index (χ3v) is 8.70. The standard InChI is InChI=1S/C31H38F5O/c1-2-3-4-21-5-10-23(11-6-21)24-12-7-22(8-13-24)9-18-27-28(32)19-20-29(30(27)33)37-26-16-14-25(15-17-26)31(34,35)36/h14-17,19,21-24H,2-13,18H2,1H3/t21-,22?,23-,24?. The third kappa shape index (κ3) is 7.48. The molecule has 0 unspecified atom stereocenters. The molecule has 0 amide bonds. The average Bonchev–Trinajstić information content (AvgIpc) is 2.89. The van der Waals surface area contributed by atoms with Crippen molar-refractivity contribution >= 4 is 0 Å². The van der Waals surface area contributed by atoms with Gasteiger partial charge in [-0.05, 0) is 92.5 Å². The van der Waals surface area contributed by atoms with Crippen molar-refractivity contribution in [3.63, 3.8) is 0 Å². The molecule has 2 aliphatic rings. The Morgan fingerprint density at radius 2 is 1.41 bits per heavy atom. The van der Waals surface area contributed by atoms with Crippen LogP contribution >= 0.6 is 0 Å². The lowest BCUT2D eigenvalue weighted by molar-refractivity contribution is -0.137. The molecule has 1 nitrogen and oxygen atoms in total. The number of hydrogen-bond acceptors (Lipinski definition) is 1. The monoisotopic (exact) mass is 521 g/mol. The van der Waals surface area contributed by atoms with Gasteiger partial charge in [0.05, 0.1) is 5.56 Å². The SMILES string of the molecule is CCCC[C@H]1CC[C@H](C2CCC(CCc3c(F)c[c]c(Oc4ccc(C(F)(F)F)cc4)c3F)CC2)CC1. The Morgan fingerprint density at radius 1 is 0.838 bits per heavy atom. The first-order valence-electron chi connectivity index (χ1n) is 14.0. The number of benzene rings is 2. The van der Waals surface area contributed by atoms with Gasteiger partial charge in [0.2, 0.25) is 0 Å². The van der Waals surface area contributed by atoms with Crippen LogP contribution in [0, 0.1) is 41.4 Å². The molecule has 0 heterocycles. The number of hydrogen-bond donors (Lipinski definition) is 0. The average molecular weight is 522 g/mol. The summed E-state index contributed by atoms with van der Waals surface area (Å²) in [6.07, 6.45) is 10.7. The highest BCUT2D eigenvalue weighted by Crippen LogP contribution is 2.43. The van der Waals surface area contributed by atoms with Crippen LogP contribution in [0.2, 0.25) is 0 Å². The minimum absolute atomic E-state index is 0.0341. The van der Waals surface area contributed by atoms with Crippen LogP contribution in [0.4, 0.5) is 22.0 Å². The van der Waals surface area contributed by atoms with Gasteiger partial charge in [0.15, 0.2) is 11.6 Å². The Kier molecular flexibility index (Phi) is 9.52. The van der Waals surface area contributed by atoms with E-state index in [1.807, 2.05) is 0 Å². The fourth-order valence-corrected chi connectivity index (χ4v) is 6.39. The summed E-state index contributed by atoms with van der Waals surface area (Å²) in [5.74, 6) is 1.29. The molecule has 0 atom stereocenters. The lowest BCUT2D eigenvalue weighted by atomic mass is 9.68. The highest BCUT2D eigenvalue weighted by atomic mass is 19.4. The Labute approximate surface area is 217 Å². The number of ether oxygens (including phenoxy) is 1. The molecule has 2 aliphatic carbocycles. The van der Waals surface area contributed by atoms with Crippen molar-refractivity contribution in [3.8, 4) is 11.5 Å². The molecule has 0 aromatic heterocycles. The molecule has 2 aromatic rings. The number of unbranched alkanes of at least 4 members (excludes halogenated alkanes) is 1. The molecule has 0 saturated heterocycles. The van der Waals surface area contributed by atoms with Crippen LogP contribution in [0.3, 0.4) is 0 Å². The predicted molar refractivity (Wildman–Crippen MR) is 135 cm³/mol. The zero-order valence-corrected chi connectivity index (χ0v) is 21.7. The van der Waals surface area contributed by atoms with Gasteiger partial charge in [0, 0.05) is 11.6 Å². The fraction of sp³-hybridized carbons (Fsp3) is 0.613. The molecule has 203 valence electrons. The highest BCUT2D eigenvalue weighted by Gasteiger charge is 2.32. The van der Waals surface area contributed by atoms with Gasteiger partial charge in [-0.1, -0.05) is 51.9 Å². The van der Waals surface area contributed by atoms with Crippen molar-refractivity contribution in [1.29, 1.82) is 0 Å². The quantitative estimate of drug-likeness (QED) is 0.298. The first-order valence-corrected chi connectivity index (χ1v) is 14.0. The topological polar surface area (TPSA) is 9.23 Å². The van der Waals surface area contributed by atoms with Crippen molar-refractivity contribution in [3.05, 3.63) is 59.2 Å². The summed E-state index contributed by atoms with van der Waals surface area (Å²) in [6, 6.07) is 7.46. The molecule has 0 spiro atoms. The van der Waals surface area contributed by atoms with Gasteiger partial charge in [-0.15, -0.1) is 0 Å². The van der Waals surface area contributed by atoms with Crippen molar-refractivity contribution in [2.24, 2.45) is 23.7 Å². The van der Waals surface area contributed by atoms with Crippen LogP contribution in [0.15, 0.2) is 30.3 Å². The van der Waals surface area contributed by atoms with Crippen LogP contribution < -0.4 is 4.74 Å². The molecule has 4 rings (SSSR count). The maximum Gasteiger partial charge on any atom is 0.416 e. The maximum atomic E-state index is 15.1. The van der Waals surface area contributed by atoms with Crippen LogP contribution in [-0.2, 0) is 12.6 Å². The van der Waals surface area contributed by atoms with Crippen molar-refractivity contribution < 1.29 is 26.7 Å². The minimum atomic E-state index is -4.47. The van der Waals surface area contributed by atoms with Gasteiger partial charge in [-0.2, -0.15) is 13.2 Å². The summed E-state index contributed by atoms with van der Waals surface area (Å²) in [4.78, 5) is 0. The van der Waals surface area contributed by atoms with Gasteiger partial charge in [-0.25, -0.2) is 8.78 Å². The van der Waals surface area contributed by atoms with E-state index in [4.69, 9.17) is 4.74 Å². The van der Waals surface area contributed by atoms with Crippen molar-refractivity contribution in [1.82, 2.24) is 0 Å². The van der Waals surface area contributed by atoms with Crippen molar-refractivity contribution in [2.45, 2.75) is 96.6 Å². The van der Waals surface area contributed by atoms with E-state index in [0.717, 1.165) is 60.9 Å². The highest BCUT2D eigenvalue weighted by molar-refractivity contribution is 5.37. The Hall–Kier alpha value is -2.11. The van der Waals surface area contributed by atoms with E-state index in [1.54, 1.807) is 0 Å². The molecule has 37 heavy (non-hydrogen) atoms. The number of alkyl halides is 3. The molecule has 6 heteroatoms. The molecule has 0 N–H and O–H groups in total. The van der Waals surface area contributed by atoms with Crippen LogP contribution in [0.1, 0.15) is 95.1 Å². The summed E-state index contributed by atoms with van der Waals surface area (Å²) in [7, 11) is 0. The second-order valence-electron chi connectivity index (χ2n) is 11.1. The first-order chi connectivity index (χ1) is 17.7. The van der Waals surface area contributed by atoms with E-state index >= 15 is 4.39 Å². The fourth-order valence-electron chi connectivity index (χ4n) is 6.39. The van der Waals surface area contributed by atoms with E-state index < -0.39 is 23.4 Å². The van der Waals surface area contributed by atoms with Gasteiger partial charge in [-0.3, -0.25) is 0 Å². The van der Waals surface area contributed by atoms with Crippen LogP contribution in [0.5, 0.6) is 11.5 Å². The Morgan fingerprint density at radius 3 is 1.95 bits per heavy atom. The maximum absolute atomic E-state index is 15.1. The van der Waals surface area contributed by atoms with Gasteiger partial charge in [0.1, 0.15) is 11.6 Å². The van der Waals surface area contributed by atoms with Crippen molar-refractivity contribution in [2.75, 3.05) is 0 Å². The second kappa shape index (κ2) is 12.6. The summed E-state index contributed by atoms with van der Waals surface area (Å²) in [6.45, 7) is 2.26. The minimum Gasteiger partial charge on any atom is -0.454 e.